The van der Waals surface area contributed by atoms with Gasteiger partial charge in [0.15, 0.2) is 0 Å². The summed E-state index contributed by atoms with van der Waals surface area (Å²) in [6.45, 7) is 2.67. The number of aromatic nitrogens is 1. The fourth-order valence-electron chi connectivity index (χ4n) is 4.44. The Balaban J connectivity index is 1.63. The molecule has 8 nitrogen and oxygen atoms in total. The fourth-order valence-corrected chi connectivity index (χ4v) is 4.90. The van der Waals surface area contributed by atoms with Gasteiger partial charge < -0.3 is 24.8 Å². The number of H-pyrrole nitrogens is 1. The van der Waals surface area contributed by atoms with E-state index in [0.717, 1.165) is 6.07 Å². The maximum Gasteiger partial charge on any atom is 0.418 e. The first kappa shape index (κ1) is 26.1. The van der Waals surface area contributed by atoms with Crippen molar-refractivity contribution in [3.63, 3.8) is 0 Å². The zero-order valence-electron chi connectivity index (χ0n) is 19.2. The molecule has 194 valence electrons. The Kier molecular flexibility index (Phi) is 7.41. The maximum atomic E-state index is 14.2. The van der Waals surface area contributed by atoms with Gasteiger partial charge in [-0.2, -0.15) is 13.2 Å². The highest BCUT2D eigenvalue weighted by molar-refractivity contribution is 9.10. The number of aryl methyl sites for hydroxylation is 1. The number of nitrogens with zero attached hydrogens (tertiary/aromatic N) is 2. The number of carbonyl (C=O) groups excluding carboxylic acids is 2. The normalized spacial score (nSPS) is 18.4. The summed E-state index contributed by atoms with van der Waals surface area (Å²) in [5, 5.41) is 2.60. The highest BCUT2D eigenvalue weighted by Crippen LogP contribution is 2.42. The highest BCUT2D eigenvalue weighted by atomic mass is 79.9. The van der Waals surface area contributed by atoms with Crippen molar-refractivity contribution in [2.24, 2.45) is 0 Å². The largest absolute Gasteiger partial charge is 0.418 e. The van der Waals surface area contributed by atoms with Crippen LogP contribution in [-0.2, 0) is 10.9 Å². The first-order valence-electron chi connectivity index (χ1n) is 11.2. The molecule has 2 aromatic rings. The van der Waals surface area contributed by atoms with Gasteiger partial charge in [0.05, 0.1) is 35.6 Å². The number of carbonyl (C=O) groups is 2. The molecule has 13 heteroatoms. The Labute approximate surface area is 211 Å². The number of rotatable bonds is 4. The predicted octanol–water partition coefficient (Wildman–Crippen LogP) is 3.08. The number of alkyl halides is 3. The fraction of sp³-hybridized carbons (Fsp3) is 0.435. The number of aromatic amines is 1. The SMILES string of the molecule is Cc1cc(C(=O)N[C@@H]2CCN(c3c(C(=O)N4CCOCC4)cc(Br)cc3C(F)(F)F)C2)c(F)c(=O)[nH]1. The monoisotopic (exact) mass is 574 g/mol. The van der Waals surface area contributed by atoms with Crippen LogP contribution in [0.2, 0.25) is 0 Å². The van der Waals surface area contributed by atoms with Crippen LogP contribution in [0.15, 0.2) is 27.5 Å². The number of halogens is 5. The minimum absolute atomic E-state index is 0.0381. The molecule has 2 aliphatic heterocycles. The Morgan fingerprint density at radius 1 is 1.14 bits per heavy atom. The molecule has 1 atom stereocenters. The molecular formula is C23H23BrF4N4O4. The van der Waals surface area contributed by atoms with Gasteiger partial charge in [-0.1, -0.05) is 15.9 Å². The van der Waals surface area contributed by atoms with Crippen LogP contribution in [0.1, 0.15) is 38.4 Å². The molecule has 0 bridgehead atoms. The van der Waals surface area contributed by atoms with Gasteiger partial charge >= 0.3 is 6.18 Å². The number of anilines is 1. The third-order valence-corrected chi connectivity index (χ3v) is 6.56. The van der Waals surface area contributed by atoms with Crippen LogP contribution in [0, 0.1) is 12.7 Å². The van der Waals surface area contributed by atoms with Crippen molar-refractivity contribution >= 4 is 33.4 Å². The van der Waals surface area contributed by atoms with Gasteiger partial charge in [-0.25, -0.2) is 4.39 Å². The van der Waals surface area contributed by atoms with Crippen molar-refractivity contribution in [2.45, 2.75) is 25.6 Å². The molecule has 0 saturated carbocycles. The molecule has 4 rings (SSSR count). The van der Waals surface area contributed by atoms with Crippen molar-refractivity contribution in [1.29, 1.82) is 0 Å². The van der Waals surface area contributed by atoms with E-state index in [0.29, 0.717) is 0 Å². The molecule has 3 heterocycles. The van der Waals surface area contributed by atoms with Gasteiger partial charge in [-0.15, -0.1) is 0 Å². The van der Waals surface area contributed by atoms with Crippen molar-refractivity contribution in [1.82, 2.24) is 15.2 Å². The van der Waals surface area contributed by atoms with E-state index in [1.54, 1.807) is 0 Å². The molecule has 2 fully saturated rings. The van der Waals surface area contributed by atoms with E-state index in [1.807, 2.05) is 0 Å². The summed E-state index contributed by atoms with van der Waals surface area (Å²) in [5.41, 5.74) is -2.55. The number of hydrogen-bond acceptors (Lipinski definition) is 5. The van der Waals surface area contributed by atoms with Crippen LogP contribution in [0.5, 0.6) is 0 Å². The van der Waals surface area contributed by atoms with Crippen molar-refractivity contribution in [3.05, 3.63) is 61.2 Å². The second-order valence-corrected chi connectivity index (χ2v) is 9.58. The number of amides is 2. The van der Waals surface area contributed by atoms with Crippen LogP contribution < -0.4 is 15.8 Å². The van der Waals surface area contributed by atoms with Crippen molar-refractivity contribution in [3.8, 4) is 0 Å². The number of hydrogen-bond donors (Lipinski definition) is 2. The van der Waals surface area contributed by atoms with Gasteiger partial charge in [0, 0.05) is 42.4 Å². The number of morpholine rings is 1. The zero-order valence-corrected chi connectivity index (χ0v) is 20.8. The Morgan fingerprint density at radius 2 is 1.83 bits per heavy atom. The van der Waals surface area contributed by atoms with Gasteiger partial charge in [0.2, 0.25) is 5.82 Å². The van der Waals surface area contributed by atoms with Crippen LogP contribution in [-0.4, -0.2) is 67.1 Å². The number of nitrogens with one attached hydrogen (secondary N) is 2. The van der Waals surface area contributed by atoms with Gasteiger partial charge in [-0.3, -0.25) is 14.4 Å². The minimum Gasteiger partial charge on any atom is -0.378 e. The number of ether oxygens (including phenoxy) is 1. The predicted molar refractivity (Wildman–Crippen MR) is 126 cm³/mol. The first-order chi connectivity index (χ1) is 17.0. The topological polar surface area (TPSA) is 94.7 Å². The Morgan fingerprint density at radius 3 is 2.50 bits per heavy atom. The number of benzene rings is 1. The van der Waals surface area contributed by atoms with E-state index >= 15 is 0 Å². The lowest BCUT2D eigenvalue weighted by Gasteiger charge is -2.31. The molecule has 2 N–H and O–H groups in total. The van der Waals surface area contributed by atoms with E-state index in [4.69, 9.17) is 4.74 Å². The highest BCUT2D eigenvalue weighted by Gasteiger charge is 2.40. The minimum atomic E-state index is -4.74. The van der Waals surface area contributed by atoms with Crippen LogP contribution in [0.25, 0.3) is 0 Å². The van der Waals surface area contributed by atoms with E-state index < -0.39 is 46.5 Å². The summed E-state index contributed by atoms with van der Waals surface area (Å²) >= 11 is 3.09. The molecule has 0 radical (unpaired) electrons. The maximum absolute atomic E-state index is 14.2. The van der Waals surface area contributed by atoms with Crippen molar-refractivity contribution in [2.75, 3.05) is 44.3 Å². The molecule has 1 aromatic heterocycles. The molecule has 0 aliphatic carbocycles. The van der Waals surface area contributed by atoms with Crippen LogP contribution in [0.3, 0.4) is 0 Å². The average Bonchev–Trinajstić information content (AvgIpc) is 3.28. The molecule has 2 amide bonds. The second kappa shape index (κ2) is 10.2. The third-order valence-electron chi connectivity index (χ3n) is 6.10. The lowest BCUT2D eigenvalue weighted by molar-refractivity contribution is -0.137. The van der Waals surface area contributed by atoms with E-state index in [9.17, 15) is 31.9 Å². The third kappa shape index (κ3) is 5.41. The molecular weight excluding hydrogens is 552 g/mol. The standard InChI is InChI=1S/C23H23BrF4N4O4/c1-12-8-15(18(25)21(34)29-12)20(33)30-14-2-3-32(11-14)19-16(22(35)31-4-6-36-7-5-31)9-13(24)10-17(19)23(26,27)28/h8-10,14H,2-7,11H2,1H3,(H,29,34)(H,30,33)/t14-/m1/s1. The molecule has 2 aliphatic rings. The quantitative estimate of drug-likeness (QED) is 0.547. The second-order valence-electron chi connectivity index (χ2n) is 8.67. The van der Waals surface area contributed by atoms with Gasteiger partial charge in [0.1, 0.15) is 0 Å². The first-order valence-corrected chi connectivity index (χ1v) is 12.0. The van der Waals surface area contributed by atoms with E-state index in [2.05, 4.69) is 26.2 Å². The smallest absolute Gasteiger partial charge is 0.378 e. The van der Waals surface area contributed by atoms with Crippen LogP contribution in [0.4, 0.5) is 23.2 Å². The molecule has 36 heavy (non-hydrogen) atoms. The molecule has 0 unspecified atom stereocenters. The number of pyridine rings is 1. The van der Waals surface area contributed by atoms with Crippen LogP contribution >= 0.6 is 15.9 Å². The summed E-state index contributed by atoms with van der Waals surface area (Å²) in [4.78, 5) is 42.7. The summed E-state index contributed by atoms with van der Waals surface area (Å²) in [6.07, 6.45) is -4.49. The summed E-state index contributed by atoms with van der Waals surface area (Å²) in [7, 11) is 0. The summed E-state index contributed by atoms with van der Waals surface area (Å²) in [6, 6.07) is 2.84. The lowest BCUT2D eigenvalue weighted by Crippen LogP contribution is -2.42. The summed E-state index contributed by atoms with van der Waals surface area (Å²) in [5.74, 6) is -2.63. The van der Waals surface area contributed by atoms with E-state index in [1.165, 1.54) is 28.9 Å². The molecule has 2 saturated heterocycles. The molecule has 1 aromatic carbocycles. The Hall–Kier alpha value is -2.93. The average molecular weight is 575 g/mol. The van der Waals surface area contributed by atoms with Crippen molar-refractivity contribution < 1.29 is 31.9 Å². The summed E-state index contributed by atoms with van der Waals surface area (Å²) < 4.78 is 61.8. The van der Waals surface area contributed by atoms with E-state index in [-0.39, 0.29) is 67.2 Å². The Bertz CT molecular complexity index is 1240. The zero-order chi connectivity index (χ0) is 26.2. The molecule has 0 spiro atoms. The lowest BCUT2D eigenvalue weighted by atomic mass is 10.0. The van der Waals surface area contributed by atoms with Gasteiger partial charge in [0.25, 0.3) is 17.4 Å². The van der Waals surface area contributed by atoms with Gasteiger partial charge in [-0.05, 0) is 31.5 Å².